The van der Waals surface area contributed by atoms with Crippen LogP contribution in [0.1, 0.15) is 35.3 Å². The van der Waals surface area contributed by atoms with Crippen LogP contribution in [-0.4, -0.2) is 11.1 Å². The number of hydrogen-bond donors (Lipinski definition) is 1. The van der Waals surface area contributed by atoms with Gasteiger partial charge in [-0.3, -0.25) is 0 Å². The van der Waals surface area contributed by atoms with E-state index in [-0.39, 0.29) is 5.56 Å². The van der Waals surface area contributed by atoms with Crippen molar-refractivity contribution in [3.05, 3.63) is 65.2 Å². The lowest BCUT2D eigenvalue weighted by atomic mass is 10.0. The van der Waals surface area contributed by atoms with Crippen LogP contribution in [0.5, 0.6) is 5.75 Å². The summed E-state index contributed by atoms with van der Waals surface area (Å²) in [5.74, 6) is 0.497. The summed E-state index contributed by atoms with van der Waals surface area (Å²) in [5, 5.41) is 8.97. The predicted molar refractivity (Wildman–Crippen MR) is 82.7 cm³/mol. The number of carboxylic acid groups (broad SMARTS) is 1. The van der Waals surface area contributed by atoms with Crippen molar-refractivity contribution in [1.82, 2.24) is 0 Å². The zero-order valence-corrected chi connectivity index (χ0v) is 12.4. The van der Waals surface area contributed by atoms with Gasteiger partial charge in [-0.05, 0) is 47.7 Å². The van der Waals surface area contributed by atoms with Gasteiger partial charge in [0.25, 0.3) is 0 Å². The van der Waals surface area contributed by atoms with Crippen molar-refractivity contribution in [3.63, 3.8) is 0 Å². The van der Waals surface area contributed by atoms with Crippen molar-refractivity contribution in [2.45, 2.75) is 26.9 Å². The Balaban J connectivity index is 2.02. The Bertz CT molecular complexity index is 617. The first-order chi connectivity index (χ1) is 10.0. The molecule has 0 aliphatic heterocycles. The molecule has 0 aromatic heterocycles. The van der Waals surface area contributed by atoms with Crippen molar-refractivity contribution in [2.75, 3.05) is 0 Å². The van der Waals surface area contributed by atoms with E-state index >= 15 is 0 Å². The van der Waals surface area contributed by atoms with Gasteiger partial charge in [-0.1, -0.05) is 38.1 Å². The molecule has 3 nitrogen and oxygen atoms in total. The third kappa shape index (κ3) is 4.63. The van der Waals surface area contributed by atoms with E-state index in [1.54, 1.807) is 18.2 Å². The van der Waals surface area contributed by atoms with Crippen molar-refractivity contribution < 1.29 is 14.6 Å². The lowest BCUT2D eigenvalue weighted by Crippen LogP contribution is -2.01. The quantitative estimate of drug-likeness (QED) is 0.866. The zero-order valence-electron chi connectivity index (χ0n) is 12.4. The number of carboxylic acids is 1. The van der Waals surface area contributed by atoms with Gasteiger partial charge in [-0.2, -0.15) is 0 Å². The number of ether oxygens (including phenoxy) is 1. The molecule has 110 valence electrons. The minimum Gasteiger partial charge on any atom is -0.489 e. The monoisotopic (exact) mass is 284 g/mol. The van der Waals surface area contributed by atoms with E-state index in [2.05, 4.69) is 19.9 Å². The maximum absolute atomic E-state index is 10.9. The molecule has 3 heteroatoms. The van der Waals surface area contributed by atoms with Crippen LogP contribution < -0.4 is 4.74 Å². The molecular formula is C18H20O3. The highest BCUT2D eigenvalue weighted by Crippen LogP contribution is 2.18. The van der Waals surface area contributed by atoms with Gasteiger partial charge in [0.05, 0.1) is 5.56 Å². The minimum absolute atomic E-state index is 0.282. The Kier molecular flexibility index (Phi) is 4.99. The third-order valence-corrected chi connectivity index (χ3v) is 3.12. The Labute approximate surface area is 125 Å². The first-order valence-electron chi connectivity index (χ1n) is 7.08. The molecule has 0 saturated carbocycles. The van der Waals surface area contributed by atoms with E-state index in [1.807, 2.05) is 24.3 Å². The van der Waals surface area contributed by atoms with Crippen LogP contribution in [0.4, 0.5) is 0 Å². The summed E-state index contributed by atoms with van der Waals surface area (Å²) in [6.07, 6.45) is 1.02. The fourth-order valence-electron chi connectivity index (χ4n) is 2.19. The standard InChI is InChI=1S/C18H20O3/c1-13(2)9-14-5-4-8-17(11-14)21-12-15-6-3-7-16(10-15)18(19)20/h3-8,10-11,13H,9,12H2,1-2H3,(H,19,20). The molecule has 0 aliphatic rings. The SMILES string of the molecule is CC(C)Cc1cccc(OCc2cccc(C(=O)O)c2)c1. The molecule has 0 radical (unpaired) electrons. The molecule has 0 unspecified atom stereocenters. The Morgan fingerprint density at radius 3 is 2.52 bits per heavy atom. The molecule has 0 atom stereocenters. The van der Waals surface area contributed by atoms with Crippen LogP contribution in [0, 0.1) is 5.92 Å². The molecule has 21 heavy (non-hydrogen) atoms. The Hall–Kier alpha value is -2.29. The molecule has 0 spiro atoms. The van der Waals surface area contributed by atoms with Gasteiger partial charge in [0.15, 0.2) is 0 Å². The summed E-state index contributed by atoms with van der Waals surface area (Å²) < 4.78 is 5.76. The third-order valence-electron chi connectivity index (χ3n) is 3.12. The van der Waals surface area contributed by atoms with Gasteiger partial charge in [-0.25, -0.2) is 4.79 Å². The average molecular weight is 284 g/mol. The maximum Gasteiger partial charge on any atom is 0.335 e. The molecule has 2 aromatic rings. The lowest BCUT2D eigenvalue weighted by molar-refractivity contribution is 0.0696. The average Bonchev–Trinajstić information content (AvgIpc) is 2.45. The summed E-state index contributed by atoms with van der Waals surface area (Å²) in [6.45, 7) is 4.74. The van der Waals surface area contributed by atoms with Gasteiger partial charge in [0, 0.05) is 0 Å². The van der Waals surface area contributed by atoms with E-state index in [9.17, 15) is 4.79 Å². The Morgan fingerprint density at radius 1 is 1.10 bits per heavy atom. The smallest absolute Gasteiger partial charge is 0.335 e. The second kappa shape index (κ2) is 6.93. The van der Waals surface area contributed by atoms with Crippen LogP contribution in [-0.2, 0) is 13.0 Å². The molecule has 1 N–H and O–H groups in total. The van der Waals surface area contributed by atoms with Gasteiger partial charge in [0.2, 0.25) is 0 Å². The van der Waals surface area contributed by atoms with Gasteiger partial charge in [0.1, 0.15) is 12.4 Å². The van der Waals surface area contributed by atoms with Crippen LogP contribution in [0.25, 0.3) is 0 Å². The lowest BCUT2D eigenvalue weighted by Gasteiger charge is -2.10. The van der Waals surface area contributed by atoms with E-state index in [0.29, 0.717) is 12.5 Å². The topological polar surface area (TPSA) is 46.5 Å². The predicted octanol–water partition coefficient (Wildman–Crippen LogP) is 4.16. The van der Waals surface area contributed by atoms with Gasteiger partial charge in [-0.15, -0.1) is 0 Å². The van der Waals surface area contributed by atoms with Gasteiger partial charge < -0.3 is 9.84 Å². The second-order valence-corrected chi connectivity index (χ2v) is 5.54. The Morgan fingerprint density at radius 2 is 1.81 bits per heavy atom. The zero-order chi connectivity index (χ0) is 15.2. The highest BCUT2D eigenvalue weighted by atomic mass is 16.5. The van der Waals surface area contributed by atoms with Crippen LogP contribution in [0.15, 0.2) is 48.5 Å². The molecule has 0 aliphatic carbocycles. The second-order valence-electron chi connectivity index (χ2n) is 5.54. The fraction of sp³-hybridized carbons (Fsp3) is 0.278. The summed E-state index contributed by atoms with van der Waals surface area (Å²) in [7, 11) is 0. The molecule has 0 heterocycles. The largest absolute Gasteiger partial charge is 0.489 e. The molecule has 2 aromatic carbocycles. The highest BCUT2D eigenvalue weighted by molar-refractivity contribution is 5.87. The molecule has 0 fully saturated rings. The van der Waals surface area contributed by atoms with Crippen LogP contribution >= 0.6 is 0 Å². The molecule has 0 amide bonds. The molecular weight excluding hydrogens is 264 g/mol. The number of hydrogen-bond acceptors (Lipinski definition) is 2. The maximum atomic E-state index is 10.9. The van der Waals surface area contributed by atoms with E-state index in [1.165, 1.54) is 5.56 Å². The van der Waals surface area contributed by atoms with E-state index in [0.717, 1.165) is 17.7 Å². The first-order valence-corrected chi connectivity index (χ1v) is 7.08. The van der Waals surface area contributed by atoms with Crippen LogP contribution in [0.3, 0.4) is 0 Å². The normalized spacial score (nSPS) is 10.6. The molecule has 2 rings (SSSR count). The number of benzene rings is 2. The number of carbonyl (C=O) groups is 1. The fourth-order valence-corrected chi connectivity index (χ4v) is 2.19. The first kappa shape index (κ1) is 15.1. The van der Waals surface area contributed by atoms with Crippen molar-refractivity contribution in [3.8, 4) is 5.75 Å². The van der Waals surface area contributed by atoms with E-state index in [4.69, 9.17) is 9.84 Å². The van der Waals surface area contributed by atoms with Crippen LogP contribution in [0.2, 0.25) is 0 Å². The molecule has 0 saturated heterocycles. The van der Waals surface area contributed by atoms with Crippen molar-refractivity contribution >= 4 is 5.97 Å². The molecule has 0 bridgehead atoms. The highest BCUT2D eigenvalue weighted by Gasteiger charge is 2.04. The van der Waals surface area contributed by atoms with Crippen molar-refractivity contribution in [2.24, 2.45) is 5.92 Å². The summed E-state index contributed by atoms with van der Waals surface area (Å²) >= 11 is 0. The summed E-state index contributed by atoms with van der Waals surface area (Å²) in [6, 6.07) is 14.9. The van der Waals surface area contributed by atoms with Gasteiger partial charge >= 0.3 is 5.97 Å². The summed E-state index contributed by atoms with van der Waals surface area (Å²) in [4.78, 5) is 10.9. The number of aromatic carboxylic acids is 1. The van der Waals surface area contributed by atoms with E-state index < -0.39 is 5.97 Å². The minimum atomic E-state index is -0.921. The van der Waals surface area contributed by atoms with Crippen molar-refractivity contribution in [1.29, 1.82) is 0 Å². The summed E-state index contributed by atoms with van der Waals surface area (Å²) in [5.41, 5.74) is 2.38. The number of rotatable bonds is 6.